The van der Waals surface area contributed by atoms with Gasteiger partial charge in [0, 0.05) is 30.9 Å². The van der Waals surface area contributed by atoms with E-state index in [1.807, 2.05) is 37.2 Å². The minimum atomic E-state index is -0.250. The van der Waals surface area contributed by atoms with E-state index in [2.05, 4.69) is 9.97 Å². The van der Waals surface area contributed by atoms with Crippen LogP contribution >= 0.6 is 0 Å². The van der Waals surface area contributed by atoms with Gasteiger partial charge in [0.15, 0.2) is 0 Å². The third-order valence-electron chi connectivity index (χ3n) is 4.01. The third kappa shape index (κ3) is 1.93. The standard InChI is InChI=1S/C18H13N3O2/c1-21(2)10-7-8-13-14(9-10)20-16-15(19-13)17(22)11-5-3-4-6-12(11)18(16)23/h3-9H,1-2H3. The quantitative estimate of drug-likeness (QED) is 0.540. The molecule has 0 bridgehead atoms. The van der Waals surface area contributed by atoms with Crippen molar-refractivity contribution in [1.29, 1.82) is 0 Å². The number of anilines is 1. The molecule has 2 aromatic carbocycles. The number of fused-ring (bicyclic) bond motifs is 3. The number of carbonyl (C=O) groups is 2. The van der Waals surface area contributed by atoms with E-state index in [0.717, 1.165) is 5.69 Å². The highest BCUT2D eigenvalue weighted by atomic mass is 16.1. The van der Waals surface area contributed by atoms with Crippen LogP contribution in [-0.4, -0.2) is 35.6 Å². The lowest BCUT2D eigenvalue weighted by Gasteiger charge is -2.17. The third-order valence-corrected chi connectivity index (χ3v) is 4.01. The van der Waals surface area contributed by atoms with Gasteiger partial charge in [-0.05, 0) is 18.2 Å². The Morgan fingerprint density at radius 3 is 1.91 bits per heavy atom. The summed E-state index contributed by atoms with van der Waals surface area (Å²) in [6.45, 7) is 0. The van der Waals surface area contributed by atoms with Crippen molar-refractivity contribution in [2.45, 2.75) is 0 Å². The molecule has 0 N–H and O–H groups in total. The van der Waals surface area contributed by atoms with E-state index in [4.69, 9.17) is 0 Å². The second-order valence-corrected chi connectivity index (χ2v) is 5.69. The van der Waals surface area contributed by atoms with Gasteiger partial charge >= 0.3 is 0 Å². The fourth-order valence-corrected chi connectivity index (χ4v) is 2.77. The van der Waals surface area contributed by atoms with Gasteiger partial charge in [-0.1, -0.05) is 24.3 Å². The van der Waals surface area contributed by atoms with Crippen LogP contribution in [0.1, 0.15) is 32.1 Å². The zero-order chi connectivity index (χ0) is 16.1. The Hall–Kier alpha value is -3.08. The Morgan fingerprint density at radius 2 is 1.35 bits per heavy atom. The number of hydrogen-bond donors (Lipinski definition) is 0. The Balaban J connectivity index is 1.99. The lowest BCUT2D eigenvalue weighted by atomic mass is 9.89. The van der Waals surface area contributed by atoms with Crippen LogP contribution in [0, 0.1) is 0 Å². The molecular formula is C18H13N3O2. The zero-order valence-electron chi connectivity index (χ0n) is 12.7. The van der Waals surface area contributed by atoms with Crippen molar-refractivity contribution in [3.63, 3.8) is 0 Å². The highest BCUT2D eigenvalue weighted by Crippen LogP contribution is 2.27. The summed E-state index contributed by atoms with van der Waals surface area (Å²) in [7, 11) is 3.86. The number of aromatic nitrogens is 2. The molecular weight excluding hydrogens is 290 g/mol. The lowest BCUT2D eigenvalue weighted by Crippen LogP contribution is -2.23. The number of benzene rings is 2. The highest BCUT2D eigenvalue weighted by Gasteiger charge is 2.32. The van der Waals surface area contributed by atoms with Gasteiger partial charge in [0.2, 0.25) is 11.6 Å². The SMILES string of the molecule is CN(C)c1ccc2nc3c(nc2c1)C(=O)c1ccccc1C3=O. The zero-order valence-corrected chi connectivity index (χ0v) is 12.7. The summed E-state index contributed by atoms with van der Waals surface area (Å²) < 4.78 is 0. The Kier molecular flexibility index (Phi) is 2.78. The number of nitrogens with zero attached hydrogens (tertiary/aromatic N) is 3. The maximum Gasteiger partial charge on any atom is 0.214 e. The Labute approximate surface area is 132 Å². The number of carbonyl (C=O) groups excluding carboxylic acids is 2. The van der Waals surface area contributed by atoms with Gasteiger partial charge in [0.25, 0.3) is 0 Å². The molecule has 0 unspecified atom stereocenters. The number of rotatable bonds is 1. The molecule has 0 atom stereocenters. The molecule has 0 amide bonds. The average Bonchev–Trinajstić information content (AvgIpc) is 2.58. The summed E-state index contributed by atoms with van der Waals surface area (Å²) in [6, 6.07) is 12.4. The van der Waals surface area contributed by atoms with Crippen LogP contribution in [0.3, 0.4) is 0 Å². The van der Waals surface area contributed by atoms with Gasteiger partial charge in [0.1, 0.15) is 11.4 Å². The van der Waals surface area contributed by atoms with Gasteiger partial charge in [-0.2, -0.15) is 0 Å². The minimum Gasteiger partial charge on any atom is -0.378 e. The maximum absolute atomic E-state index is 12.7. The molecule has 0 saturated heterocycles. The fraction of sp³-hybridized carbons (Fsp3) is 0.111. The average molecular weight is 303 g/mol. The van der Waals surface area contributed by atoms with Crippen LogP contribution < -0.4 is 4.90 Å². The van der Waals surface area contributed by atoms with Crippen LogP contribution in [0.25, 0.3) is 11.0 Å². The number of ketones is 2. The normalized spacial score (nSPS) is 13.0. The molecule has 112 valence electrons. The number of hydrogen-bond acceptors (Lipinski definition) is 5. The predicted molar refractivity (Wildman–Crippen MR) is 87.2 cm³/mol. The summed E-state index contributed by atoms with van der Waals surface area (Å²) in [4.78, 5) is 36.0. The van der Waals surface area contributed by atoms with Crippen LogP contribution in [0.15, 0.2) is 42.5 Å². The molecule has 0 fully saturated rings. The van der Waals surface area contributed by atoms with E-state index in [-0.39, 0.29) is 23.0 Å². The maximum atomic E-state index is 12.7. The van der Waals surface area contributed by atoms with E-state index in [1.165, 1.54) is 0 Å². The van der Waals surface area contributed by atoms with Crippen LogP contribution in [0.2, 0.25) is 0 Å². The van der Waals surface area contributed by atoms with E-state index < -0.39 is 0 Å². The molecule has 0 aliphatic heterocycles. The minimum absolute atomic E-state index is 0.136. The molecule has 0 spiro atoms. The summed E-state index contributed by atoms with van der Waals surface area (Å²) in [5.74, 6) is -0.499. The monoisotopic (exact) mass is 303 g/mol. The van der Waals surface area contributed by atoms with Crippen molar-refractivity contribution >= 4 is 28.3 Å². The van der Waals surface area contributed by atoms with Crippen LogP contribution in [0.4, 0.5) is 5.69 Å². The molecule has 3 aromatic rings. The van der Waals surface area contributed by atoms with Gasteiger partial charge in [-0.3, -0.25) is 9.59 Å². The first kappa shape index (κ1) is 13.6. The van der Waals surface area contributed by atoms with Gasteiger partial charge in [-0.25, -0.2) is 9.97 Å². The molecule has 0 saturated carbocycles. The van der Waals surface area contributed by atoms with E-state index in [9.17, 15) is 9.59 Å². The van der Waals surface area contributed by atoms with E-state index >= 15 is 0 Å². The summed E-state index contributed by atoms with van der Waals surface area (Å²) in [5.41, 5.74) is 3.23. The van der Waals surface area contributed by atoms with Gasteiger partial charge in [0.05, 0.1) is 11.0 Å². The highest BCUT2D eigenvalue weighted by molar-refractivity contribution is 6.27. The fourth-order valence-electron chi connectivity index (χ4n) is 2.77. The smallest absolute Gasteiger partial charge is 0.214 e. The first-order valence-electron chi connectivity index (χ1n) is 7.24. The molecule has 1 aromatic heterocycles. The lowest BCUT2D eigenvalue weighted by molar-refractivity contribution is 0.0972. The Bertz CT molecular complexity index is 993. The van der Waals surface area contributed by atoms with Crippen molar-refractivity contribution in [3.8, 4) is 0 Å². The molecule has 1 aliphatic rings. The first-order valence-corrected chi connectivity index (χ1v) is 7.24. The van der Waals surface area contributed by atoms with E-state index in [1.54, 1.807) is 24.3 Å². The topological polar surface area (TPSA) is 63.2 Å². The van der Waals surface area contributed by atoms with E-state index in [0.29, 0.717) is 22.2 Å². The molecule has 5 nitrogen and oxygen atoms in total. The summed E-state index contributed by atoms with van der Waals surface area (Å²) in [5, 5.41) is 0. The van der Waals surface area contributed by atoms with Crippen molar-refractivity contribution in [1.82, 2.24) is 9.97 Å². The molecule has 0 radical (unpaired) electrons. The molecule has 1 heterocycles. The summed E-state index contributed by atoms with van der Waals surface area (Å²) in [6.07, 6.45) is 0. The van der Waals surface area contributed by atoms with Crippen molar-refractivity contribution in [2.24, 2.45) is 0 Å². The largest absolute Gasteiger partial charge is 0.378 e. The van der Waals surface area contributed by atoms with Crippen molar-refractivity contribution in [2.75, 3.05) is 19.0 Å². The summed E-state index contributed by atoms with van der Waals surface area (Å²) >= 11 is 0. The second-order valence-electron chi connectivity index (χ2n) is 5.69. The van der Waals surface area contributed by atoms with Crippen molar-refractivity contribution < 1.29 is 9.59 Å². The van der Waals surface area contributed by atoms with Gasteiger partial charge < -0.3 is 4.90 Å². The van der Waals surface area contributed by atoms with Gasteiger partial charge in [-0.15, -0.1) is 0 Å². The van der Waals surface area contributed by atoms with Crippen LogP contribution in [-0.2, 0) is 0 Å². The molecule has 23 heavy (non-hydrogen) atoms. The molecule has 1 aliphatic carbocycles. The van der Waals surface area contributed by atoms with Crippen molar-refractivity contribution in [3.05, 3.63) is 65.0 Å². The first-order chi connectivity index (χ1) is 11.1. The predicted octanol–water partition coefficient (Wildman–Crippen LogP) is 2.47. The van der Waals surface area contributed by atoms with Crippen LogP contribution in [0.5, 0.6) is 0 Å². The molecule has 5 heteroatoms. The second kappa shape index (κ2) is 4.71. The Morgan fingerprint density at radius 1 is 0.783 bits per heavy atom. The molecule has 4 rings (SSSR count).